The summed E-state index contributed by atoms with van der Waals surface area (Å²) in [5, 5.41) is 0. The van der Waals surface area contributed by atoms with Gasteiger partial charge in [-0.15, -0.1) is 0 Å². The maximum Gasteiger partial charge on any atom is 0.128 e. The molecule has 2 rings (SSSR count). The summed E-state index contributed by atoms with van der Waals surface area (Å²) in [6.45, 7) is 2.98. The van der Waals surface area contributed by atoms with Crippen molar-refractivity contribution in [1.29, 1.82) is 0 Å². The molecule has 3 nitrogen and oxygen atoms in total. The molecule has 2 heterocycles. The lowest BCUT2D eigenvalue weighted by Gasteiger charge is -2.32. The highest BCUT2D eigenvalue weighted by atomic mass is 15.2. The van der Waals surface area contributed by atoms with E-state index in [9.17, 15) is 0 Å². The first kappa shape index (κ1) is 9.46. The summed E-state index contributed by atoms with van der Waals surface area (Å²) in [6.07, 6.45) is 4.35. The molecule has 1 aliphatic heterocycles. The van der Waals surface area contributed by atoms with Crippen LogP contribution >= 0.6 is 0 Å². The van der Waals surface area contributed by atoms with E-state index in [0.717, 1.165) is 25.5 Å². The molecule has 0 aliphatic carbocycles. The van der Waals surface area contributed by atoms with E-state index in [1.807, 2.05) is 18.3 Å². The minimum Gasteiger partial charge on any atom is -0.356 e. The molecule has 76 valence electrons. The van der Waals surface area contributed by atoms with Crippen LogP contribution < -0.4 is 10.6 Å². The zero-order chi connectivity index (χ0) is 9.80. The molecule has 14 heavy (non-hydrogen) atoms. The number of hydrogen-bond donors (Lipinski definition) is 1. The van der Waals surface area contributed by atoms with Gasteiger partial charge < -0.3 is 10.6 Å². The third kappa shape index (κ3) is 2.04. The highest BCUT2D eigenvalue weighted by Crippen LogP contribution is 2.20. The largest absolute Gasteiger partial charge is 0.356 e. The number of aromatic nitrogens is 1. The SMILES string of the molecule is NCC1CCCN(c2ccccn2)C1. The summed E-state index contributed by atoms with van der Waals surface area (Å²) in [4.78, 5) is 6.69. The Labute approximate surface area is 84.9 Å². The first-order valence-corrected chi connectivity index (χ1v) is 5.26. The molecule has 1 aromatic heterocycles. The number of rotatable bonds is 2. The normalized spacial score (nSPS) is 22.4. The molecule has 0 amide bonds. The van der Waals surface area contributed by atoms with Crippen LogP contribution in [0.15, 0.2) is 24.4 Å². The lowest BCUT2D eigenvalue weighted by molar-refractivity contribution is 0.422. The van der Waals surface area contributed by atoms with Crippen molar-refractivity contribution in [2.45, 2.75) is 12.8 Å². The number of anilines is 1. The Morgan fingerprint density at radius 2 is 2.43 bits per heavy atom. The van der Waals surface area contributed by atoms with Crippen LogP contribution in [-0.4, -0.2) is 24.6 Å². The van der Waals surface area contributed by atoms with Crippen LogP contribution in [-0.2, 0) is 0 Å². The molecule has 0 saturated carbocycles. The van der Waals surface area contributed by atoms with Crippen molar-refractivity contribution in [3.05, 3.63) is 24.4 Å². The summed E-state index contributed by atoms with van der Waals surface area (Å²) in [5.41, 5.74) is 5.70. The average molecular weight is 191 g/mol. The summed E-state index contributed by atoms with van der Waals surface area (Å²) in [6, 6.07) is 6.06. The van der Waals surface area contributed by atoms with Crippen molar-refractivity contribution >= 4 is 5.82 Å². The lowest BCUT2D eigenvalue weighted by Crippen LogP contribution is -2.38. The highest BCUT2D eigenvalue weighted by Gasteiger charge is 2.19. The van der Waals surface area contributed by atoms with Gasteiger partial charge in [0.25, 0.3) is 0 Å². The maximum atomic E-state index is 5.70. The third-order valence-electron chi connectivity index (χ3n) is 2.83. The van der Waals surface area contributed by atoms with Gasteiger partial charge in [-0.1, -0.05) is 6.07 Å². The fourth-order valence-corrected chi connectivity index (χ4v) is 2.01. The van der Waals surface area contributed by atoms with Crippen LogP contribution in [0.4, 0.5) is 5.82 Å². The number of piperidine rings is 1. The van der Waals surface area contributed by atoms with Gasteiger partial charge in [-0.2, -0.15) is 0 Å². The number of hydrogen-bond acceptors (Lipinski definition) is 3. The van der Waals surface area contributed by atoms with Gasteiger partial charge in [0.2, 0.25) is 0 Å². The van der Waals surface area contributed by atoms with Crippen LogP contribution in [0, 0.1) is 5.92 Å². The number of nitrogens with two attached hydrogens (primary N) is 1. The zero-order valence-electron chi connectivity index (χ0n) is 8.39. The highest BCUT2D eigenvalue weighted by molar-refractivity contribution is 5.38. The molecule has 1 aromatic rings. The number of pyridine rings is 1. The fraction of sp³-hybridized carbons (Fsp3) is 0.545. The molecule has 0 bridgehead atoms. The van der Waals surface area contributed by atoms with Crippen LogP contribution in [0.1, 0.15) is 12.8 Å². The van der Waals surface area contributed by atoms with Gasteiger partial charge in [-0.25, -0.2) is 4.98 Å². The van der Waals surface area contributed by atoms with E-state index >= 15 is 0 Å². The van der Waals surface area contributed by atoms with Gasteiger partial charge in [-0.05, 0) is 37.4 Å². The first-order valence-electron chi connectivity index (χ1n) is 5.26. The van der Waals surface area contributed by atoms with Crippen molar-refractivity contribution in [2.75, 3.05) is 24.5 Å². The molecule has 1 aliphatic rings. The van der Waals surface area contributed by atoms with Gasteiger partial charge in [0, 0.05) is 19.3 Å². The van der Waals surface area contributed by atoms with Crippen molar-refractivity contribution in [3.63, 3.8) is 0 Å². The van der Waals surface area contributed by atoms with Crippen molar-refractivity contribution < 1.29 is 0 Å². The molecule has 0 radical (unpaired) electrons. The fourth-order valence-electron chi connectivity index (χ4n) is 2.01. The molecule has 0 aromatic carbocycles. The Morgan fingerprint density at radius 1 is 1.50 bits per heavy atom. The van der Waals surface area contributed by atoms with Crippen LogP contribution in [0.25, 0.3) is 0 Å². The average Bonchev–Trinajstić information content (AvgIpc) is 2.30. The van der Waals surface area contributed by atoms with Crippen LogP contribution in [0.5, 0.6) is 0 Å². The van der Waals surface area contributed by atoms with Gasteiger partial charge in [-0.3, -0.25) is 0 Å². The van der Waals surface area contributed by atoms with Gasteiger partial charge in [0.1, 0.15) is 5.82 Å². The van der Waals surface area contributed by atoms with Crippen LogP contribution in [0.2, 0.25) is 0 Å². The second kappa shape index (κ2) is 4.42. The maximum absolute atomic E-state index is 5.70. The molecule has 0 spiro atoms. The van der Waals surface area contributed by atoms with E-state index in [0.29, 0.717) is 5.92 Å². The molecular weight excluding hydrogens is 174 g/mol. The summed E-state index contributed by atoms with van der Waals surface area (Å²) < 4.78 is 0. The lowest BCUT2D eigenvalue weighted by atomic mass is 9.98. The van der Waals surface area contributed by atoms with Crippen molar-refractivity contribution in [1.82, 2.24) is 4.98 Å². The minimum absolute atomic E-state index is 0.644. The van der Waals surface area contributed by atoms with Crippen molar-refractivity contribution in [3.8, 4) is 0 Å². The Morgan fingerprint density at radius 3 is 3.14 bits per heavy atom. The molecular formula is C11H17N3. The van der Waals surface area contributed by atoms with Crippen LogP contribution in [0.3, 0.4) is 0 Å². The predicted octanol–water partition coefficient (Wildman–Crippen LogP) is 1.26. The smallest absolute Gasteiger partial charge is 0.128 e. The van der Waals surface area contributed by atoms with E-state index in [1.165, 1.54) is 12.8 Å². The summed E-state index contributed by atoms with van der Waals surface area (Å²) >= 11 is 0. The Kier molecular flexibility index (Phi) is 2.99. The Hall–Kier alpha value is -1.09. The second-order valence-corrected chi connectivity index (χ2v) is 3.88. The van der Waals surface area contributed by atoms with Gasteiger partial charge >= 0.3 is 0 Å². The number of nitrogens with zero attached hydrogens (tertiary/aromatic N) is 2. The van der Waals surface area contributed by atoms with Crippen molar-refractivity contribution in [2.24, 2.45) is 11.7 Å². The first-order chi connectivity index (χ1) is 6.90. The molecule has 3 heteroatoms. The third-order valence-corrected chi connectivity index (χ3v) is 2.83. The van der Waals surface area contributed by atoms with E-state index in [4.69, 9.17) is 5.73 Å². The minimum atomic E-state index is 0.644. The zero-order valence-corrected chi connectivity index (χ0v) is 8.39. The quantitative estimate of drug-likeness (QED) is 0.765. The molecule has 1 unspecified atom stereocenters. The Bertz CT molecular complexity index is 273. The topological polar surface area (TPSA) is 42.1 Å². The van der Waals surface area contributed by atoms with E-state index in [2.05, 4.69) is 16.0 Å². The Balaban J connectivity index is 2.04. The standard InChI is InChI=1S/C11H17N3/c12-8-10-4-3-7-14(9-10)11-5-1-2-6-13-11/h1-2,5-6,10H,3-4,7-9,12H2. The monoisotopic (exact) mass is 191 g/mol. The van der Waals surface area contributed by atoms with E-state index in [-0.39, 0.29) is 0 Å². The molecule has 2 N–H and O–H groups in total. The second-order valence-electron chi connectivity index (χ2n) is 3.88. The van der Waals surface area contributed by atoms with Gasteiger partial charge in [0.05, 0.1) is 0 Å². The summed E-state index contributed by atoms with van der Waals surface area (Å²) in [5.74, 6) is 1.73. The van der Waals surface area contributed by atoms with E-state index < -0.39 is 0 Å². The molecule has 1 fully saturated rings. The molecule has 1 atom stereocenters. The predicted molar refractivity (Wildman–Crippen MR) is 58.2 cm³/mol. The summed E-state index contributed by atoms with van der Waals surface area (Å²) in [7, 11) is 0. The van der Waals surface area contributed by atoms with E-state index in [1.54, 1.807) is 0 Å². The molecule has 1 saturated heterocycles. The van der Waals surface area contributed by atoms with Gasteiger partial charge in [0.15, 0.2) is 0 Å².